The zero-order chi connectivity index (χ0) is 20.5. The molecule has 0 spiro atoms. The SMILES string of the molecule is COCCNC(=O)c1cn2c(n1)C(C)N(C(=O)c1ccc3c(ccn3C)c1)CC2. The quantitative estimate of drug-likeness (QED) is 0.670. The molecule has 4 rings (SSSR count). The van der Waals surface area contributed by atoms with E-state index in [1.54, 1.807) is 13.3 Å². The lowest BCUT2D eigenvalue weighted by Gasteiger charge is -2.33. The van der Waals surface area contributed by atoms with Crippen LogP contribution in [-0.4, -0.2) is 57.6 Å². The molecule has 2 aromatic heterocycles. The third kappa shape index (κ3) is 3.51. The Morgan fingerprint density at radius 2 is 2.10 bits per heavy atom. The van der Waals surface area contributed by atoms with Crippen molar-refractivity contribution in [1.29, 1.82) is 0 Å². The number of benzene rings is 1. The average Bonchev–Trinajstić information content (AvgIpc) is 3.32. The molecule has 1 N–H and O–H groups in total. The number of aromatic nitrogens is 3. The molecule has 0 saturated heterocycles. The number of nitrogens with one attached hydrogen (secondary N) is 1. The number of carbonyl (C=O) groups is 2. The van der Waals surface area contributed by atoms with Crippen LogP contribution in [0.15, 0.2) is 36.7 Å². The summed E-state index contributed by atoms with van der Waals surface area (Å²) in [5.74, 6) is 0.467. The zero-order valence-electron chi connectivity index (χ0n) is 16.9. The number of nitrogens with zero attached hydrogens (tertiary/aromatic N) is 4. The second-order valence-corrected chi connectivity index (χ2v) is 7.30. The van der Waals surface area contributed by atoms with E-state index in [4.69, 9.17) is 4.74 Å². The number of fused-ring (bicyclic) bond motifs is 2. The summed E-state index contributed by atoms with van der Waals surface area (Å²) >= 11 is 0. The van der Waals surface area contributed by atoms with Gasteiger partial charge in [-0.2, -0.15) is 0 Å². The molecule has 0 aliphatic carbocycles. The summed E-state index contributed by atoms with van der Waals surface area (Å²) in [4.78, 5) is 31.8. The summed E-state index contributed by atoms with van der Waals surface area (Å²) in [6.07, 6.45) is 3.74. The summed E-state index contributed by atoms with van der Waals surface area (Å²) in [5.41, 5.74) is 2.11. The lowest BCUT2D eigenvalue weighted by atomic mass is 10.1. The van der Waals surface area contributed by atoms with Crippen molar-refractivity contribution in [3.05, 3.63) is 53.7 Å². The van der Waals surface area contributed by atoms with Crippen molar-refractivity contribution in [2.75, 3.05) is 26.8 Å². The second kappa shape index (κ2) is 7.71. The van der Waals surface area contributed by atoms with Gasteiger partial charge in [0.15, 0.2) is 0 Å². The molecule has 1 unspecified atom stereocenters. The maximum atomic E-state index is 13.2. The van der Waals surface area contributed by atoms with Gasteiger partial charge in [-0.05, 0) is 31.2 Å². The minimum absolute atomic E-state index is 0.0244. The van der Waals surface area contributed by atoms with Crippen LogP contribution in [0.1, 0.15) is 39.6 Å². The van der Waals surface area contributed by atoms with Crippen LogP contribution >= 0.6 is 0 Å². The van der Waals surface area contributed by atoms with E-state index < -0.39 is 0 Å². The van der Waals surface area contributed by atoms with Crippen molar-refractivity contribution in [1.82, 2.24) is 24.3 Å². The van der Waals surface area contributed by atoms with Crippen molar-refractivity contribution in [2.24, 2.45) is 7.05 Å². The highest BCUT2D eigenvalue weighted by molar-refractivity contribution is 5.98. The Balaban J connectivity index is 1.53. The number of methoxy groups -OCH3 is 1. The first-order valence-electron chi connectivity index (χ1n) is 9.70. The Kier molecular flexibility index (Phi) is 5.10. The molecule has 8 heteroatoms. The monoisotopic (exact) mass is 395 g/mol. The van der Waals surface area contributed by atoms with E-state index in [0.717, 1.165) is 16.7 Å². The first-order valence-corrected chi connectivity index (χ1v) is 9.70. The van der Waals surface area contributed by atoms with E-state index in [1.807, 2.05) is 58.5 Å². The van der Waals surface area contributed by atoms with Gasteiger partial charge in [0, 0.05) is 62.7 Å². The fourth-order valence-corrected chi connectivity index (χ4v) is 3.82. The molecular formula is C21H25N5O3. The van der Waals surface area contributed by atoms with Gasteiger partial charge >= 0.3 is 0 Å². The fraction of sp³-hybridized carbons (Fsp3) is 0.381. The molecule has 8 nitrogen and oxygen atoms in total. The van der Waals surface area contributed by atoms with Crippen molar-refractivity contribution >= 4 is 22.7 Å². The molecule has 152 valence electrons. The predicted molar refractivity (Wildman–Crippen MR) is 109 cm³/mol. The van der Waals surface area contributed by atoms with Crippen LogP contribution in [0.4, 0.5) is 0 Å². The molecule has 0 fully saturated rings. The number of amides is 2. The van der Waals surface area contributed by atoms with Crippen molar-refractivity contribution < 1.29 is 14.3 Å². The normalized spacial score (nSPS) is 16.1. The van der Waals surface area contributed by atoms with E-state index in [9.17, 15) is 9.59 Å². The van der Waals surface area contributed by atoms with Gasteiger partial charge in [-0.15, -0.1) is 0 Å². The first-order chi connectivity index (χ1) is 14.0. The second-order valence-electron chi connectivity index (χ2n) is 7.30. The fourth-order valence-electron chi connectivity index (χ4n) is 3.82. The summed E-state index contributed by atoms with van der Waals surface area (Å²) in [6, 6.07) is 7.56. The topological polar surface area (TPSA) is 81.4 Å². The highest BCUT2D eigenvalue weighted by Gasteiger charge is 2.31. The Morgan fingerprint density at radius 3 is 2.90 bits per heavy atom. The number of aryl methyl sites for hydroxylation is 1. The van der Waals surface area contributed by atoms with Crippen LogP contribution in [0, 0.1) is 0 Å². The van der Waals surface area contributed by atoms with Crippen LogP contribution < -0.4 is 5.32 Å². The molecule has 1 aliphatic heterocycles. The summed E-state index contributed by atoms with van der Waals surface area (Å²) in [5, 5.41) is 3.82. The van der Waals surface area contributed by atoms with E-state index in [0.29, 0.717) is 37.5 Å². The summed E-state index contributed by atoms with van der Waals surface area (Å²) in [6.45, 7) is 4.01. The van der Waals surface area contributed by atoms with Crippen molar-refractivity contribution in [3.8, 4) is 0 Å². The van der Waals surface area contributed by atoms with Crippen LogP contribution in [0.25, 0.3) is 10.9 Å². The number of imidazole rings is 1. The molecule has 1 atom stereocenters. The van der Waals surface area contributed by atoms with E-state index in [2.05, 4.69) is 10.3 Å². The van der Waals surface area contributed by atoms with Gasteiger partial charge < -0.3 is 24.1 Å². The first kappa shape index (κ1) is 19.2. The van der Waals surface area contributed by atoms with Gasteiger partial charge in [-0.3, -0.25) is 9.59 Å². The maximum absolute atomic E-state index is 13.2. The zero-order valence-corrected chi connectivity index (χ0v) is 16.9. The molecule has 1 aliphatic rings. The maximum Gasteiger partial charge on any atom is 0.271 e. The molecule has 3 heterocycles. The molecule has 29 heavy (non-hydrogen) atoms. The molecule has 2 amide bonds. The molecule has 0 bridgehead atoms. The highest BCUT2D eigenvalue weighted by Crippen LogP contribution is 2.27. The van der Waals surface area contributed by atoms with Gasteiger partial charge in [0.1, 0.15) is 11.5 Å². The Bertz CT molecular complexity index is 1070. The minimum atomic E-state index is -0.233. The van der Waals surface area contributed by atoms with Gasteiger partial charge in [0.25, 0.3) is 11.8 Å². The van der Waals surface area contributed by atoms with Gasteiger partial charge in [-0.1, -0.05) is 0 Å². The van der Waals surface area contributed by atoms with Crippen molar-refractivity contribution in [2.45, 2.75) is 19.5 Å². The van der Waals surface area contributed by atoms with E-state index in [-0.39, 0.29) is 17.9 Å². The molecule has 0 radical (unpaired) electrons. The van der Waals surface area contributed by atoms with Crippen LogP contribution in [-0.2, 0) is 18.3 Å². The van der Waals surface area contributed by atoms with Crippen molar-refractivity contribution in [3.63, 3.8) is 0 Å². The van der Waals surface area contributed by atoms with Gasteiger partial charge in [0.05, 0.1) is 12.6 Å². The third-order valence-corrected chi connectivity index (χ3v) is 5.45. The minimum Gasteiger partial charge on any atom is -0.383 e. The van der Waals surface area contributed by atoms with Crippen LogP contribution in [0.2, 0.25) is 0 Å². The van der Waals surface area contributed by atoms with Crippen LogP contribution in [0.3, 0.4) is 0 Å². The third-order valence-electron chi connectivity index (χ3n) is 5.45. The van der Waals surface area contributed by atoms with Crippen LogP contribution in [0.5, 0.6) is 0 Å². The molecular weight excluding hydrogens is 370 g/mol. The Labute approximate surface area is 169 Å². The largest absolute Gasteiger partial charge is 0.383 e. The molecule has 3 aromatic rings. The number of ether oxygens (including phenoxy) is 1. The van der Waals surface area contributed by atoms with E-state index >= 15 is 0 Å². The summed E-state index contributed by atoms with van der Waals surface area (Å²) < 4.78 is 8.94. The number of hydrogen-bond donors (Lipinski definition) is 1. The van der Waals surface area contributed by atoms with Gasteiger partial charge in [-0.25, -0.2) is 4.98 Å². The van der Waals surface area contributed by atoms with E-state index in [1.165, 1.54) is 0 Å². The molecule has 1 aromatic carbocycles. The standard InChI is InChI=1S/C21H25N5O3/c1-14-19-23-17(20(27)22-7-11-29-3)13-25(19)9-10-26(14)21(28)16-4-5-18-15(12-16)6-8-24(18)2/h4-6,8,12-14H,7,9-11H2,1-3H3,(H,22,27). The predicted octanol–water partition coefficient (Wildman–Crippen LogP) is 1.97. The highest BCUT2D eigenvalue weighted by atomic mass is 16.5. The Morgan fingerprint density at radius 1 is 1.28 bits per heavy atom. The average molecular weight is 395 g/mol. The number of hydrogen-bond acceptors (Lipinski definition) is 4. The Hall–Kier alpha value is -3.13. The number of carbonyl (C=O) groups excluding carboxylic acids is 2. The lowest BCUT2D eigenvalue weighted by molar-refractivity contribution is 0.0638. The summed E-state index contributed by atoms with van der Waals surface area (Å²) in [7, 11) is 3.57. The molecule has 0 saturated carbocycles. The number of rotatable bonds is 5. The smallest absolute Gasteiger partial charge is 0.271 e. The lowest BCUT2D eigenvalue weighted by Crippen LogP contribution is -2.41. The van der Waals surface area contributed by atoms with Gasteiger partial charge in [0.2, 0.25) is 0 Å².